The molecule has 0 atom stereocenters. The first-order valence-corrected chi connectivity index (χ1v) is 6.51. The summed E-state index contributed by atoms with van der Waals surface area (Å²) in [4.78, 5) is 0. The molecular weight excluding hydrogens is 246 g/mol. The highest BCUT2D eigenvalue weighted by Crippen LogP contribution is 2.30. The van der Waals surface area contributed by atoms with Crippen molar-refractivity contribution in [3.05, 3.63) is 40.7 Å². The zero-order chi connectivity index (χ0) is 13.1. The summed E-state index contributed by atoms with van der Waals surface area (Å²) in [6.07, 6.45) is 1.89. The maximum absolute atomic E-state index is 6.36. The average Bonchev–Trinajstić information content (AvgIpc) is 2.71. The molecule has 1 N–H and O–H groups in total. The Bertz CT molecular complexity index is 546. The monoisotopic (exact) mass is 263 g/mol. The molecule has 96 valence electrons. The smallest absolute Gasteiger partial charge is 0.0571 e. The standard InChI is InChI=1S/C14H18ClN3/c1-4-18-10(2)13(9-17-18)12-6-5-11(8-16-3)7-14(12)15/h5-7,9,16H,4,8H2,1-3H3. The van der Waals surface area contributed by atoms with Crippen LogP contribution in [0.25, 0.3) is 11.1 Å². The maximum Gasteiger partial charge on any atom is 0.0571 e. The van der Waals surface area contributed by atoms with Crippen molar-refractivity contribution < 1.29 is 0 Å². The number of nitrogens with zero attached hydrogens (tertiary/aromatic N) is 2. The number of halogens is 1. The summed E-state index contributed by atoms with van der Waals surface area (Å²) in [6, 6.07) is 6.18. The van der Waals surface area contributed by atoms with Gasteiger partial charge < -0.3 is 5.32 Å². The molecule has 0 aliphatic carbocycles. The van der Waals surface area contributed by atoms with Crippen molar-refractivity contribution in [1.82, 2.24) is 15.1 Å². The number of benzene rings is 1. The van der Waals surface area contributed by atoms with Crippen LogP contribution in [0.5, 0.6) is 0 Å². The van der Waals surface area contributed by atoms with Crippen LogP contribution in [0.3, 0.4) is 0 Å². The third-order valence-corrected chi connectivity index (χ3v) is 3.42. The van der Waals surface area contributed by atoms with Crippen molar-refractivity contribution in [2.24, 2.45) is 0 Å². The molecule has 4 heteroatoms. The summed E-state index contributed by atoms with van der Waals surface area (Å²) < 4.78 is 1.98. The van der Waals surface area contributed by atoms with Gasteiger partial charge in [0, 0.05) is 34.9 Å². The van der Waals surface area contributed by atoms with Crippen molar-refractivity contribution in [2.45, 2.75) is 26.9 Å². The van der Waals surface area contributed by atoms with Crippen LogP contribution in [0.4, 0.5) is 0 Å². The van der Waals surface area contributed by atoms with Crippen molar-refractivity contribution >= 4 is 11.6 Å². The Kier molecular flexibility index (Phi) is 4.04. The first-order chi connectivity index (χ1) is 8.67. The molecule has 3 nitrogen and oxygen atoms in total. The van der Waals surface area contributed by atoms with E-state index in [-0.39, 0.29) is 0 Å². The van der Waals surface area contributed by atoms with Gasteiger partial charge in [-0.2, -0.15) is 5.10 Å². The Morgan fingerprint density at radius 3 is 2.67 bits per heavy atom. The Morgan fingerprint density at radius 1 is 1.33 bits per heavy atom. The van der Waals surface area contributed by atoms with E-state index < -0.39 is 0 Å². The lowest BCUT2D eigenvalue weighted by Crippen LogP contribution is -2.04. The maximum atomic E-state index is 6.36. The van der Waals surface area contributed by atoms with Crippen LogP contribution in [0.15, 0.2) is 24.4 Å². The summed E-state index contributed by atoms with van der Waals surface area (Å²) >= 11 is 6.36. The lowest BCUT2D eigenvalue weighted by Gasteiger charge is -2.07. The molecule has 0 unspecified atom stereocenters. The van der Waals surface area contributed by atoms with Crippen LogP contribution in [0, 0.1) is 6.92 Å². The van der Waals surface area contributed by atoms with E-state index in [1.807, 2.05) is 24.0 Å². The van der Waals surface area contributed by atoms with E-state index in [9.17, 15) is 0 Å². The van der Waals surface area contributed by atoms with E-state index >= 15 is 0 Å². The lowest BCUT2D eigenvalue weighted by atomic mass is 10.0. The number of nitrogens with one attached hydrogen (secondary N) is 1. The van der Waals surface area contributed by atoms with Gasteiger partial charge in [-0.1, -0.05) is 23.7 Å². The van der Waals surface area contributed by atoms with Crippen LogP contribution in [-0.2, 0) is 13.1 Å². The van der Waals surface area contributed by atoms with Gasteiger partial charge in [0.1, 0.15) is 0 Å². The molecule has 1 heterocycles. The molecule has 1 aromatic heterocycles. The van der Waals surface area contributed by atoms with E-state index in [0.717, 1.165) is 34.9 Å². The Balaban J connectivity index is 2.41. The molecular formula is C14H18ClN3. The van der Waals surface area contributed by atoms with Crippen LogP contribution in [-0.4, -0.2) is 16.8 Å². The molecule has 1 aromatic carbocycles. The van der Waals surface area contributed by atoms with Gasteiger partial charge in [-0.05, 0) is 32.5 Å². The number of hydrogen-bond donors (Lipinski definition) is 1. The van der Waals surface area contributed by atoms with Crippen molar-refractivity contribution in [2.75, 3.05) is 7.05 Å². The summed E-state index contributed by atoms with van der Waals surface area (Å²) in [6.45, 7) is 5.86. The third kappa shape index (κ3) is 2.42. The van der Waals surface area contributed by atoms with Crippen molar-refractivity contribution in [3.63, 3.8) is 0 Å². The minimum atomic E-state index is 0.779. The molecule has 0 radical (unpaired) electrons. The van der Waals surface area contributed by atoms with Gasteiger partial charge in [0.15, 0.2) is 0 Å². The molecule has 0 saturated heterocycles. The van der Waals surface area contributed by atoms with Crippen LogP contribution in [0.2, 0.25) is 5.02 Å². The zero-order valence-corrected chi connectivity index (χ0v) is 11.8. The Morgan fingerprint density at radius 2 is 2.11 bits per heavy atom. The van der Waals surface area contributed by atoms with Crippen LogP contribution >= 0.6 is 11.6 Å². The second-order valence-electron chi connectivity index (χ2n) is 4.30. The molecule has 2 aromatic rings. The number of aryl methyl sites for hydroxylation is 1. The summed E-state index contributed by atoms with van der Waals surface area (Å²) in [5.74, 6) is 0. The predicted octanol–water partition coefficient (Wildman–Crippen LogP) is 3.25. The first-order valence-electron chi connectivity index (χ1n) is 6.13. The van der Waals surface area contributed by atoms with Gasteiger partial charge >= 0.3 is 0 Å². The fourth-order valence-electron chi connectivity index (χ4n) is 2.12. The predicted molar refractivity (Wildman–Crippen MR) is 75.8 cm³/mol. The molecule has 0 fully saturated rings. The Hall–Kier alpha value is -1.32. The topological polar surface area (TPSA) is 29.9 Å². The zero-order valence-electron chi connectivity index (χ0n) is 11.0. The third-order valence-electron chi connectivity index (χ3n) is 3.11. The molecule has 0 aliphatic heterocycles. The van der Waals surface area contributed by atoms with Crippen LogP contribution < -0.4 is 5.32 Å². The van der Waals surface area contributed by atoms with Gasteiger partial charge in [-0.3, -0.25) is 4.68 Å². The summed E-state index contributed by atoms with van der Waals surface area (Å²) in [5.41, 5.74) is 4.50. The van der Waals surface area contributed by atoms with E-state index in [4.69, 9.17) is 11.6 Å². The lowest BCUT2D eigenvalue weighted by molar-refractivity contribution is 0.640. The molecule has 0 spiro atoms. The molecule has 0 saturated carbocycles. The minimum absolute atomic E-state index is 0.779. The molecule has 0 aliphatic rings. The van der Waals surface area contributed by atoms with Crippen molar-refractivity contribution in [1.29, 1.82) is 0 Å². The fourth-order valence-corrected chi connectivity index (χ4v) is 2.43. The molecule has 2 rings (SSSR count). The van der Waals surface area contributed by atoms with Gasteiger partial charge in [-0.15, -0.1) is 0 Å². The first kappa shape index (κ1) is 13.1. The van der Waals surface area contributed by atoms with Crippen molar-refractivity contribution in [3.8, 4) is 11.1 Å². The van der Waals surface area contributed by atoms with Gasteiger partial charge in [0.05, 0.1) is 6.20 Å². The van der Waals surface area contributed by atoms with E-state index in [1.165, 1.54) is 5.56 Å². The number of rotatable bonds is 4. The van der Waals surface area contributed by atoms with E-state index in [1.54, 1.807) is 0 Å². The van der Waals surface area contributed by atoms with Gasteiger partial charge in [0.25, 0.3) is 0 Å². The molecule has 0 amide bonds. The number of hydrogen-bond acceptors (Lipinski definition) is 2. The SMILES string of the molecule is CCn1ncc(-c2ccc(CNC)cc2Cl)c1C. The normalized spacial score (nSPS) is 10.9. The van der Waals surface area contributed by atoms with Crippen LogP contribution in [0.1, 0.15) is 18.2 Å². The Labute approximate surface area is 113 Å². The molecule has 18 heavy (non-hydrogen) atoms. The summed E-state index contributed by atoms with van der Waals surface area (Å²) in [7, 11) is 1.93. The fraction of sp³-hybridized carbons (Fsp3) is 0.357. The highest BCUT2D eigenvalue weighted by Gasteiger charge is 2.11. The second-order valence-corrected chi connectivity index (χ2v) is 4.71. The highest BCUT2D eigenvalue weighted by molar-refractivity contribution is 6.33. The number of aromatic nitrogens is 2. The second kappa shape index (κ2) is 5.55. The quantitative estimate of drug-likeness (QED) is 0.918. The van der Waals surface area contributed by atoms with Gasteiger partial charge in [-0.25, -0.2) is 0 Å². The average molecular weight is 264 g/mol. The highest BCUT2D eigenvalue weighted by atomic mass is 35.5. The van der Waals surface area contributed by atoms with E-state index in [0.29, 0.717) is 0 Å². The largest absolute Gasteiger partial charge is 0.316 e. The summed E-state index contributed by atoms with van der Waals surface area (Å²) in [5, 5.41) is 8.26. The minimum Gasteiger partial charge on any atom is -0.316 e. The molecule has 0 bridgehead atoms. The van der Waals surface area contributed by atoms with Gasteiger partial charge in [0.2, 0.25) is 0 Å². The van der Waals surface area contributed by atoms with E-state index in [2.05, 4.69) is 36.4 Å².